The Bertz CT molecular complexity index is 1190. The van der Waals surface area contributed by atoms with Crippen LogP contribution in [-0.4, -0.2) is 13.0 Å². The Labute approximate surface area is 311 Å². The van der Waals surface area contributed by atoms with Crippen LogP contribution >= 0.6 is 0 Å². The molecular formula is C46H80O3S. The zero-order chi connectivity index (χ0) is 36.0. The first kappa shape index (κ1) is 44.8. The van der Waals surface area contributed by atoms with Crippen molar-refractivity contribution in [1.82, 2.24) is 0 Å². The summed E-state index contributed by atoms with van der Waals surface area (Å²) in [6, 6.07) is 10.1. The summed E-state index contributed by atoms with van der Waals surface area (Å²) in [6.07, 6.45) is 44.9. The van der Waals surface area contributed by atoms with Gasteiger partial charge in [0, 0.05) is 5.39 Å². The molecule has 0 saturated heterocycles. The van der Waals surface area contributed by atoms with Crippen LogP contribution in [0.2, 0.25) is 0 Å². The van der Waals surface area contributed by atoms with Crippen molar-refractivity contribution in [3.63, 3.8) is 0 Å². The van der Waals surface area contributed by atoms with E-state index in [1.165, 1.54) is 198 Å². The molecule has 3 nitrogen and oxygen atoms in total. The third kappa shape index (κ3) is 21.9. The van der Waals surface area contributed by atoms with Crippen molar-refractivity contribution in [1.29, 1.82) is 0 Å². The average molecular weight is 713 g/mol. The van der Waals surface area contributed by atoms with Gasteiger partial charge in [0.25, 0.3) is 10.1 Å². The Hall–Kier alpha value is -1.39. The quantitative estimate of drug-likeness (QED) is 0.0572. The first-order valence-corrected chi connectivity index (χ1v) is 23.4. The standard InChI is InChI=1S/C46H80O3S/c1-3-5-7-9-11-13-15-17-19-21-23-25-27-29-31-33-35-42-37-40-45-44(41-42)39-38-43(46(45)50(47,48)49)36-34-32-30-28-26-24-22-20-18-16-14-12-10-8-6-4-2/h37-41H,3-36H2,1-2H3,(H,47,48,49). The Morgan fingerprint density at radius 3 is 1.12 bits per heavy atom. The summed E-state index contributed by atoms with van der Waals surface area (Å²) < 4.78 is 35.2. The first-order valence-electron chi connectivity index (χ1n) is 22.0. The molecule has 0 saturated carbocycles. The first-order chi connectivity index (χ1) is 24.5. The number of rotatable bonds is 35. The van der Waals surface area contributed by atoms with Crippen molar-refractivity contribution in [2.75, 3.05) is 0 Å². The van der Waals surface area contributed by atoms with E-state index >= 15 is 0 Å². The SMILES string of the molecule is CCCCCCCCCCCCCCCCCCc1ccc2c(S(=O)(=O)O)c(CCCCCCCCCCCCCCCCCC)ccc2c1. The lowest BCUT2D eigenvalue weighted by Crippen LogP contribution is -2.05. The van der Waals surface area contributed by atoms with E-state index in [9.17, 15) is 13.0 Å². The number of unbranched alkanes of at least 4 members (excludes halogenated alkanes) is 30. The Balaban J connectivity index is 1.57. The van der Waals surface area contributed by atoms with Gasteiger partial charge in [-0.05, 0) is 42.2 Å². The number of benzene rings is 2. The molecule has 0 aliphatic rings. The van der Waals surface area contributed by atoms with Crippen LogP contribution in [0.1, 0.15) is 230 Å². The van der Waals surface area contributed by atoms with Gasteiger partial charge in [-0.25, -0.2) is 0 Å². The lowest BCUT2D eigenvalue weighted by Gasteiger charge is -2.12. The second kappa shape index (κ2) is 30.1. The van der Waals surface area contributed by atoms with E-state index in [1.54, 1.807) is 0 Å². The lowest BCUT2D eigenvalue weighted by molar-refractivity contribution is 0.482. The van der Waals surface area contributed by atoms with Crippen LogP contribution in [0.15, 0.2) is 35.2 Å². The predicted octanol–water partition coefficient (Wildman–Crippen LogP) is 15.7. The van der Waals surface area contributed by atoms with Crippen LogP contribution in [0, 0.1) is 0 Å². The highest BCUT2D eigenvalue weighted by Crippen LogP contribution is 2.30. The Kier molecular flexibility index (Phi) is 27.0. The molecule has 0 unspecified atom stereocenters. The molecule has 4 heteroatoms. The van der Waals surface area contributed by atoms with Crippen molar-refractivity contribution in [2.45, 2.75) is 237 Å². The maximum absolute atomic E-state index is 12.5. The summed E-state index contributed by atoms with van der Waals surface area (Å²) in [5, 5.41) is 1.58. The van der Waals surface area contributed by atoms with Crippen molar-refractivity contribution >= 4 is 20.9 Å². The minimum absolute atomic E-state index is 0.130. The molecule has 0 amide bonds. The maximum atomic E-state index is 12.5. The van der Waals surface area contributed by atoms with Gasteiger partial charge in [-0.3, -0.25) is 4.55 Å². The minimum atomic E-state index is -4.29. The topological polar surface area (TPSA) is 54.4 Å². The van der Waals surface area contributed by atoms with Gasteiger partial charge >= 0.3 is 0 Å². The van der Waals surface area contributed by atoms with Gasteiger partial charge in [0.05, 0.1) is 0 Å². The van der Waals surface area contributed by atoms with Crippen molar-refractivity contribution in [3.8, 4) is 0 Å². The van der Waals surface area contributed by atoms with E-state index in [0.717, 1.165) is 30.2 Å². The van der Waals surface area contributed by atoms with Crippen LogP contribution in [0.5, 0.6) is 0 Å². The van der Waals surface area contributed by atoms with Gasteiger partial charge in [-0.1, -0.05) is 237 Å². The highest BCUT2D eigenvalue weighted by atomic mass is 32.2. The predicted molar refractivity (Wildman–Crippen MR) is 220 cm³/mol. The molecule has 288 valence electrons. The molecular weight excluding hydrogens is 633 g/mol. The van der Waals surface area contributed by atoms with Gasteiger partial charge in [-0.15, -0.1) is 0 Å². The third-order valence-corrected chi connectivity index (χ3v) is 12.0. The van der Waals surface area contributed by atoms with Crippen molar-refractivity contribution in [3.05, 3.63) is 41.5 Å². The third-order valence-electron chi connectivity index (χ3n) is 11.0. The van der Waals surface area contributed by atoms with E-state index in [4.69, 9.17) is 0 Å². The lowest BCUT2D eigenvalue weighted by atomic mass is 9.98. The molecule has 0 radical (unpaired) electrons. The summed E-state index contributed by atoms with van der Waals surface area (Å²) in [5.41, 5.74) is 2.02. The number of hydrogen-bond donors (Lipinski definition) is 1. The Morgan fingerprint density at radius 2 is 0.760 bits per heavy atom. The van der Waals surface area contributed by atoms with Gasteiger partial charge in [0.2, 0.25) is 0 Å². The van der Waals surface area contributed by atoms with Crippen molar-refractivity contribution < 1.29 is 13.0 Å². The van der Waals surface area contributed by atoms with Crippen LogP contribution in [0.25, 0.3) is 10.8 Å². The van der Waals surface area contributed by atoms with E-state index < -0.39 is 10.1 Å². The summed E-state index contributed by atoms with van der Waals surface area (Å²) >= 11 is 0. The molecule has 2 aromatic rings. The zero-order valence-electron chi connectivity index (χ0n) is 33.1. The van der Waals surface area contributed by atoms with Gasteiger partial charge in [-0.2, -0.15) is 8.42 Å². The number of hydrogen-bond acceptors (Lipinski definition) is 2. The summed E-state index contributed by atoms with van der Waals surface area (Å²) in [6.45, 7) is 4.57. The number of fused-ring (bicyclic) bond motifs is 1. The fourth-order valence-electron chi connectivity index (χ4n) is 7.79. The average Bonchev–Trinajstić information content (AvgIpc) is 3.10. The molecule has 1 N–H and O–H groups in total. The molecule has 0 fully saturated rings. The van der Waals surface area contributed by atoms with Gasteiger partial charge in [0.15, 0.2) is 0 Å². The number of aryl methyl sites for hydroxylation is 2. The van der Waals surface area contributed by atoms with Crippen LogP contribution in [0.4, 0.5) is 0 Å². The minimum Gasteiger partial charge on any atom is -0.282 e. The summed E-state index contributed by atoms with van der Waals surface area (Å²) in [4.78, 5) is 0.130. The summed E-state index contributed by atoms with van der Waals surface area (Å²) in [7, 11) is -4.29. The highest BCUT2D eigenvalue weighted by molar-refractivity contribution is 7.86. The van der Waals surface area contributed by atoms with E-state index in [2.05, 4.69) is 32.0 Å². The van der Waals surface area contributed by atoms with E-state index in [-0.39, 0.29) is 4.90 Å². The fourth-order valence-corrected chi connectivity index (χ4v) is 8.76. The molecule has 0 aliphatic carbocycles. The maximum Gasteiger partial charge on any atom is 0.295 e. The normalized spacial score (nSPS) is 12.0. The van der Waals surface area contributed by atoms with Gasteiger partial charge < -0.3 is 0 Å². The summed E-state index contributed by atoms with van der Waals surface area (Å²) in [5.74, 6) is 0. The molecule has 0 spiro atoms. The van der Waals surface area contributed by atoms with Crippen LogP contribution < -0.4 is 0 Å². The largest absolute Gasteiger partial charge is 0.295 e. The molecule has 0 aliphatic heterocycles. The smallest absolute Gasteiger partial charge is 0.282 e. The fraction of sp³-hybridized carbons (Fsp3) is 0.783. The molecule has 2 aromatic carbocycles. The monoisotopic (exact) mass is 713 g/mol. The molecule has 2 rings (SSSR count). The van der Waals surface area contributed by atoms with E-state index in [0.29, 0.717) is 11.8 Å². The molecule has 0 bridgehead atoms. The van der Waals surface area contributed by atoms with Crippen molar-refractivity contribution in [2.24, 2.45) is 0 Å². The van der Waals surface area contributed by atoms with E-state index in [1.807, 2.05) is 12.1 Å². The second-order valence-electron chi connectivity index (χ2n) is 15.7. The molecule has 0 atom stereocenters. The van der Waals surface area contributed by atoms with Gasteiger partial charge in [0.1, 0.15) is 4.90 Å². The van der Waals surface area contributed by atoms with Crippen LogP contribution in [-0.2, 0) is 23.0 Å². The second-order valence-corrected chi connectivity index (χ2v) is 17.0. The van der Waals surface area contributed by atoms with Crippen LogP contribution in [0.3, 0.4) is 0 Å². The Morgan fingerprint density at radius 1 is 0.420 bits per heavy atom. The zero-order valence-corrected chi connectivity index (χ0v) is 33.9. The highest BCUT2D eigenvalue weighted by Gasteiger charge is 2.19. The molecule has 0 aromatic heterocycles. The molecule has 50 heavy (non-hydrogen) atoms. The molecule has 0 heterocycles.